The normalized spacial score (nSPS) is 15.8. The first-order valence-electron chi connectivity index (χ1n) is 9.73. The standard InChI is InChI=1S/C23H16F5N3O2/c24-15-3-1-14(2-4-15)21-13-20(30-31(21)18-9-5-16(25)6-10-18)22(32)29-17-7-11-19(12-8-17)33-23(26,27)28/h1-12,21H,13H2,(H,29,32). The third kappa shape index (κ3) is 5.46. The van der Waals surface area contributed by atoms with Crippen LogP contribution >= 0.6 is 0 Å². The van der Waals surface area contributed by atoms with Gasteiger partial charge in [0.2, 0.25) is 0 Å². The van der Waals surface area contributed by atoms with Crippen LogP contribution in [-0.4, -0.2) is 18.0 Å². The molecule has 0 radical (unpaired) electrons. The van der Waals surface area contributed by atoms with Crippen LogP contribution in [0.25, 0.3) is 0 Å². The SMILES string of the molecule is O=C(Nc1ccc(OC(F)(F)F)cc1)C1=NN(c2ccc(F)cc2)C(c2ccc(F)cc2)C1. The fourth-order valence-corrected chi connectivity index (χ4v) is 3.37. The predicted octanol–water partition coefficient (Wildman–Crippen LogP) is 5.81. The summed E-state index contributed by atoms with van der Waals surface area (Å²) in [4.78, 5) is 12.8. The summed E-state index contributed by atoms with van der Waals surface area (Å²) in [5, 5.41) is 8.51. The van der Waals surface area contributed by atoms with Gasteiger partial charge in [-0.05, 0) is 66.2 Å². The van der Waals surface area contributed by atoms with Gasteiger partial charge in [0.1, 0.15) is 23.1 Å². The molecule has 1 aliphatic rings. The number of nitrogens with zero attached hydrogens (tertiary/aromatic N) is 2. The Morgan fingerprint density at radius 1 is 0.909 bits per heavy atom. The summed E-state index contributed by atoms with van der Waals surface area (Å²) < 4.78 is 67.5. The highest BCUT2D eigenvalue weighted by Crippen LogP contribution is 2.35. The Morgan fingerprint density at radius 3 is 2.06 bits per heavy atom. The zero-order valence-electron chi connectivity index (χ0n) is 16.8. The molecule has 4 rings (SSSR count). The lowest BCUT2D eigenvalue weighted by Gasteiger charge is -2.24. The fraction of sp³-hybridized carbons (Fsp3) is 0.130. The molecule has 3 aromatic carbocycles. The molecule has 1 atom stereocenters. The zero-order valence-corrected chi connectivity index (χ0v) is 16.8. The van der Waals surface area contributed by atoms with Gasteiger partial charge >= 0.3 is 6.36 Å². The Kier molecular flexibility index (Phi) is 5.99. The van der Waals surface area contributed by atoms with Crippen molar-refractivity contribution in [1.29, 1.82) is 0 Å². The molecule has 0 saturated heterocycles. The number of ether oxygens (including phenoxy) is 1. The van der Waals surface area contributed by atoms with Gasteiger partial charge in [-0.3, -0.25) is 9.80 Å². The maximum atomic E-state index is 13.4. The van der Waals surface area contributed by atoms with Gasteiger partial charge < -0.3 is 10.1 Å². The van der Waals surface area contributed by atoms with Crippen LogP contribution in [0.2, 0.25) is 0 Å². The number of hydrogen-bond donors (Lipinski definition) is 1. The van der Waals surface area contributed by atoms with E-state index in [2.05, 4.69) is 15.2 Å². The Labute approximate surface area is 185 Å². The highest BCUT2D eigenvalue weighted by atomic mass is 19.4. The van der Waals surface area contributed by atoms with Gasteiger partial charge in [-0.2, -0.15) is 5.10 Å². The molecule has 0 saturated carbocycles. The third-order valence-electron chi connectivity index (χ3n) is 4.86. The minimum absolute atomic E-state index is 0.143. The van der Waals surface area contributed by atoms with Crippen molar-refractivity contribution < 1.29 is 31.5 Å². The van der Waals surface area contributed by atoms with Gasteiger partial charge in [-0.1, -0.05) is 12.1 Å². The molecule has 0 aliphatic carbocycles. The average molecular weight is 461 g/mol. The number of carbonyl (C=O) groups excluding carboxylic acids is 1. The number of hydrazone groups is 1. The molecule has 1 aliphatic heterocycles. The van der Waals surface area contributed by atoms with Crippen molar-refractivity contribution in [2.75, 3.05) is 10.3 Å². The van der Waals surface area contributed by atoms with Crippen LogP contribution in [0.3, 0.4) is 0 Å². The van der Waals surface area contributed by atoms with Gasteiger partial charge in [-0.25, -0.2) is 8.78 Å². The van der Waals surface area contributed by atoms with Crippen molar-refractivity contribution in [2.45, 2.75) is 18.8 Å². The average Bonchev–Trinajstić information content (AvgIpc) is 3.21. The second-order valence-corrected chi connectivity index (χ2v) is 7.17. The number of halogens is 5. The topological polar surface area (TPSA) is 53.9 Å². The molecule has 0 aromatic heterocycles. The molecule has 1 N–H and O–H groups in total. The zero-order chi connectivity index (χ0) is 23.6. The summed E-state index contributed by atoms with van der Waals surface area (Å²) in [6, 6.07) is 15.5. The van der Waals surface area contributed by atoms with Crippen molar-refractivity contribution in [3.8, 4) is 5.75 Å². The molecule has 0 spiro atoms. The molecule has 33 heavy (non-hydrogen) atoms. The van der Waals surface area contributed by atoms with Crippen molar-refractivity contribution in [2.24, 2.45) is 5.10 Å². The summed E-state index contributed by atoms with van der Waals surface area (Å²) in [6.45, 7) is 0. The molecule has 0 bridgehead atoms. The van der Waals surface area contributed by atoms with E-state index in [1.54, 1.807) is 17.1 Å². The quantitative estimate of drug-likeness (QED) is 0.488. The lowest BCUT2D eigenvalue weighted by atomic mass is 10.0. The molecule has 170 valence electrons. The molecular weight excluding hydrogens is 445 g/mol. The van der Waals surface area contributed by atoms with Crippen LogP contribution in [0.5, 0.6) is 5.75 Å². The number of anilines is 2. The van der Waals surface area contributed by atoms with Crippen molar-refractivity contribution in [1.82, 2.24) is 0 Å². The van der Waals surface area contributed by atoms with Gasteiger partial charge in [0.25, 0.3) is 5.91 Å². The van der Waals surface area contributed by atoms with E-state index < -0.39 is 35.7 Å². The summed E-state index contributed by atoms with van der Waals surface area (Å²) >= 11 is 0. The van der Waals surface area contributed by atoms with Crippen molar-refractivity contribution in [3.63, 3.8) is 0 Å². The van der Waals surface area contributed by atoms with Crippen LogP contribution in [0.15, 0.2) is 77.9 Å². The van der Waals surface area contributed by atoms with E-state index in [0.29, 0.717) is 11.3 Å². The molecule has 1 amide bonds. The number of rotatable bonds is 5. The van der Waals surface area contributed by atoms with E-state index in [4.69, 9.17) is 0 Å². The Hall–Kier alpha value is -3.95. The minimum atomic E-state index is -4.82. The summed E-state index contributed by atoms with van der Waals surface area (Å²) in [5.41, 5.74) is 1.61. The Balaban J connectivity index is 1.55. The molecule has 10 heteroatoms. The van der Waals surface area contributed by atoms with Crippen molar-refractivity contribution >= 4 is 23.0 Å². The first kappa shape index (κ1) is 22.3. The second kappa shape index (κ2) is 8.89. The molecule has 3 aromatic rings. The van der Waals surface area contributed by atoms with Crippen LogP contribution in [-0.2, 0) is 4.79 Å². The van der Waals surface area contributed by atoms with Crippen LogP contribution in [0.4, 0.5) is 33.3 Å². The summed E-state index contributed by atoms with van der Waals surface area (Å²) in [7, 11) is 0. The van der Waals surface area contributed by atoms with Gasteiger partial charge in [0.05, 0.1) is 11.7 Å². The van der Waals surface area contributed by atoms with E-state index >= 15 is 0 Å². The number of alkyl halides is 3. The number of carbonyl (C=O) groups is 1. The summed E-state index contributed by atoms with van der Waals surface area (Å²) in [6.07, 6.45) is -4.65. The van der Waals surface area contributed by atoms with Gasteiger partial charge in [0.15, 0.2) is 0 Å². The Morgan fingerprint density at radius 2 is 1.48 bits per heavy atom. The third-order valence-corrected chi connectivity index (χ3v) is 4.86. The smallest absolute Gasteiger partial charge is 0.406 e. The molecule has 1 unspecified atom stereocenters. The maximum Gasteiger partial charge on any atom is 0.573 e. The number of hydrogen-bond acceptors (Lipinski definition) is 4. The van der Waals surface area contributed by atoms with Gasteiger partial charge in [-0.15, -0.1) is 13.2 Å². The highest BCUT2D eigenvalue weighted by Gasteiger charge is 2.33. The second-order valence-electron chi connectivity index (χ2n) is 7.17. The Bertz CT molecular complexity index is 1160. The first-order chi connectivity index (χ1) is 15.7. The summed E-state index contributed by atoms with van der Waals surface area (Å²) in [5.74, 6) is -1.83. The lowest BCUT2D eigenvalue weighted by molar-refractivity contribution is -0.274. The van der Waals surface area contributed by atoms with Crippen LogP contribution in [0, 0.1) is 11.6 Å². The van der Waals surface area contributed by atoms with E-state index in [0.717, 1.165) is 12.1 Å². The molecule has 5 nitrogen and oxygen atoms in total. The monoisotopic (exact) mass is 461 g/mol. The number of amides is 1. The van der Waals surface area contributed by atoms with Gasteiger partial charge in [0, 0.05) is 12.1 Å². The molecule has 1 heterocycles. The molecular formula is C23H16F5N3O2. The van der Waals surface area contributed by atoms with E-state index in [1.807, 2.05) is 0 Å². The van der Waals surface area contributed by atoms with Crippen LogP contribution in [0.1, 0.15) is 18.0 Å². The number of benzene rings is 3. The molecule has 0 fully saturated rings. The van der Waals surface area contributed by atoms with E-state index in [1.165, 1.54) is 48.5 Å². The fourth-order valence-electron chi connectivity index (χ4n) is 3.37. The first-order valence-corrected chi connectivity index (χ1v) is 9.73. The number of nitrogens with one attached hydrogen (secondary N) is 1. The van der Waals surface area contributed by atoms with E-state index in [9.17, 15) is 26.7 Å². The van der Waals surface area contributed by atoms with Crippen LogP contribution < -0.4 is 15.1 Å². The lowest BCUT2D eigenvalue weighted by Crippen LogP contribution is -2.22. The highest BCUT2D eigenvalue weighted by molar-refractivity contribution is 6.43. The van der Waals surface area contributed by atoms with Crippen molar-refractivity contribution in [3.05, 3.63) is 90.0 Å². The maximum absolute atomic E-state index is 13.4. The minimum Gasteiger partial charge on any atom is -0.406 e. The predicted molar refractivity (Wildman–Crippen MR) is 112 cm³/mol. The largest absolute Gasteiger partial charge is 0.573 e. The van der Waals surface area contributed by atoms with E-state index in [-0.39, 0.29) is 17.8 Å².